The van der Waals surface area contributed by atoms with Crippen molar-refractivity contribution in [3.8, 4) is 5.75 Å². The monoisotopic (exact) mass is 723 g/mol. The van der Waals surface area contributed by atoms with E-state index in [2.05, 4.69) is 4.98 Å². The molecule has 0 spiro atoms. The van der Waals surface area contributed by atoms with Gasteiger partial charge in [0.15, 0.2) is 16.1 Å². The van der Waals surface area contributed by atoms with E-state index in [9.17, 15) is 8.42 Å². The average molecular weight is 726 g/mol. The quantitative estimate of drug-likeness (QED) is 0.136. The molecule has 1 atom stereocenters. The van der Waals surface area contributed by atoms with Gasteiger partial charge in [-0.25, -0.2) is 13.4 Å². The SMILES string of the molecule is Cc1cc(OCCN(Cc2ccccc2)c2c(Cl)c(Cl)nc(Cl)c2Cl)cc(N(CC2COC(C)(C)O2)S(=O)(=O)c2ccccc2)c1. The topological polar surface area (TPSA) is 81.2 Å². The van der Waals surface area contributed by atoms with E-state index in [4.69, 9.17) is 60.6 Å². The molecule has 0 bridgehead atoms. The number of pyridine rings is 1. The van der Waals surface area contributed by atoms with Crippen molar-refractivity contribution in [3.63, 3.8) is 0 Å². The van der Waals surface area contributed by atoms with Crippen LogP contribution in [0.25, 0.3) is 0 Å². The van der Waals surface area contributed by atoms with Crippen LogP contribution in [0.15, 0.2) is 83.8 Å². The number of rotatable bonds is 12. The molecule has 1 aliphatic heterocycles. The Labute approximate surface area is 289 Å². The summed E-state index contributed by atoms with van der Waals surface area (Å²) < 4.78 is 47.3. The van der Waals surface area contributed by atoms with E-state index >= 15 is 0 Å². The Morgan fingerprint density at radius 2 is 1.57 bits per heavy atom. The highest BCUT2D eigenvalue weighted by molar-refractivity contribution is 7.92. The highest BCUT2D eigenvalue weighted by Crippen LogP contribution is 2.42. The van der Waals surface area contributed by atoms with Crippen molar-refractivity contribution in [1.82, 2.24) is 4.98 Å². The summed E-state index contributed by atoms with van der Waals surface area (Å²) in [5.41, 5.74) is 2.68. The van der Waals surface area contributed by atoms with E-state index in [1.165, 1.54) is 4.31 Å². The van der Waals surface area contributed by atoms with Gasteiger partial charge in [0.05, 0.1) is 36.0 Å². The molecule has 0 radical (unpaired) electrons. The predicted octanol–water partition coefficient (Wildman–Crippen LogP) is 8.44. The van der Waals surface area contributed by atoms with E-state index in [-0.39, 0.29) is 45.0 Å². The van der Waals surface area contributed by atoms with E-state index in [0.717, 1.165) is 11.1 Å². The van der Waals surface area contributed by atoms with E-state index in [1.54, 1.807) is 56.3 Å². The second kappa shape index (κ2) is 14.6. The zero-order valence-corrected chi connectivity index (χ0v) is 29.3. The van der Waals surface area contributed by atoms with Gasteiger partial charge >= 0.3 is 0 Å². The number of aryl methyl sites for hydroxylation is 1. The number of anilines is 2. The first kappa shape index (κ1) is 34.6. The Kier molecular flexibility index (Phi) is 10.9. The molecule has 3 aromatic carbocycles. The largest absolute Gasteiger partial charge is 0.492 e. The normalized spacial score (nSPS) is 15.9. The molecule has 244 valence electrons. The number of hydrogen-bond donors (Lipinski definition) is 0. The molecule has 1 fully saturated rings. The Hall–Kier alpha value is -2.76. The predicted molar refractivity (Wildman–Crippen MR) is 184 cm³/mol. The maximum atomic E-state index is 14.0. The Balaban J connectivity index is 1.42. The third-order valence-corrected chi connectivity index (χ3v) is 10.5. The van der Waals surface area contributed by atoms with Crippen molar-refractivity contribution >= 4 is 67.8 Å². The molecule has 4 aromatic rings. The van der Waals surface area contributed by atoms with Gasteiger partial charge in [0.2, 0.25) is 0 Å². The summed E-state index contributed by atoms with van der Waals surface area (Å²) in [6.07, 6.45) is -0.474. The number of benzene rings is 3. The molecule has 0 saturated carbocycles. The molecule has 13 heteroatoms. The Morgan fingerprint density at radius 3 is 2.17 bits per heavy atom. The molecule has 1 aliphatic rings. The van der Waals surface area contributed by atoms with Gasteiger partial charge in [0.1, 0.15) is 28.5 Å². The molecule has 0 amide bonds. The first-order valence-corrected chi connectivity index (χ1v) is 17.4. The highest BCUT2D eigenvalue weighted by atomic mass is 35.5. The maximum absolute atomic E-state index is 14.0. The molecule has 1 aromatic heterocycles. The van der Waals surface area contributed by atoms with Crippen LogP contribution in [0, 0.1) is 6.92 Å². The molecule has 0 aliphatic carbocycles. The van der Waals surface area contributed by atoms with Gasteiger partial charge < -0.3 is 19.1 Å². The summed E-state index contributed by atoms with van der Waals surface area (Å²) in [6, 6.07) is 23.4. The van der Waals surface area contributed by atoms with Crippen molar-refractivity contribution in [2.45, 2.75) is 44.1 Å². The van der Waals surface area contributed by atoms with Crippen LogP contribution in [0.2, 0.25) is 20.4 Å². The summed E-state index contributed by atoms with van der Waals surface area (Å²) in [5, 5.41) is 0.419. The lowest BCUT2D eigenvalue weighted by Crippen LogP contribution is -2.39. The number of halogens is 4. The Morgan fingerprint density at radius 1 is 0.935 bits per heavy atom. The number of ether oxygens (including phenoxy) is 3. The molecular weight excluding hydrogens is 692 g/mol. The van der Waals surface area contributed by atoms with Gasteiger partial charge in [-0.15, -0.1) is 0 Å². The van der Waals surface area contributed by atoms with E-state index < -0.39 is 21.9 Å². The zero-order chi connectivity index (χ0) is 33.1. The van der Waals surface area contributed by atoms with Crippen molar-refractivity contribution in [2.24, 2.45) is 0 Å². The minimum Gasteiger partial charge on any atom is -0.492 e. The zero-order valence-electron chi connectivity index (χ0n) is 25.4. The van der Waals surface area contributed by atoms with Crippen LogP contribution in [0.5, 0.6) is 5.75 Å². The maximum Gasteiger partial charge on any atom is 0.264 e. The fourth-order valence-corrected chi connectivity index (χ4v) is 7.61. The minimum atomic E-state index is -3.96. The fourth-order valence-electron chi connectivity index (χ4n) is 5.16. The van der Waals surface area contributed by atoms with Crippen LogP contribution in [0.3, 0.4) is 0 Å². The summed E-state index contributed by atoms with van der Waals surface area (Å²) in [4.78, 5) is 6.09. The molecule has 2 heterocycles. The first-order chi connectivity index (χ1) is 21.8. The van der Waals surface area contributed by atoms with Gasteiger partial charge in [0.25, 0.3) is 10.0 Å². The third kappa shape index (κ3) is 8.20. The Bertz CT molecular complexity index is 1750. The molecular formula is C33H33Cl4N3O5S. The van der Waals surface area contributed by atoms with Crippen LogP contribution < -0.4 is 13.9 Å². The lowest BCUT2D eigenvalue weighted by atomic mass is 10.2. The lowest BCUT2D eigenvalue weighted by molar-refractivity contribution is -0.136. The summed E-state index contributed by atoms with van der Waals surface area (Å²) in [6.45, 7) is 6.76. The number of nitrogens with zero attached hydrogens (tertiary/aromatic N) is 3. The van der Waals surface area contributed by atoms with Gasteiger partial charge in [-0.3, -0.25) is 4.31 Å². The number of aromatic nitrogens is 1. The van der Waals surface area contributed by atoms with Gasteiger partial charge in [-0.05, 0) is 56.2 Å². The lowest BCUT2D eigenvalue weighted by Gasteiger charge is -2.29. The van der Waals surface area contributed by atoms with Crippen LogP contribution in [0.4, 0.5) is 11.4 Å². The van der Waals surface area contributed by atoms with Crippen LogP contribution in [0.1, 0.15) is 25.0 Å². The molecule has 5 rings (SSSR count). The minimum absolute atomic E-state index is 0.0353. The second-order valence-corrected chi connectivity index (χ2v) is 14.6. The highest BCUT2D eigenvalue weighted by Gasteiger charge is 2.37. The molecule has 1 unspecified atom stereocenters. The summed E-state index contributed by atoms with van der Waals surface area (Å²) >= 11 is 25.7. The summed E-state index contributed by atoms with van der Waals surface area (Å²) in [5.74, 6) is -0.330. The average Bonchev–Trinajstić information content (AvgIpc) is 3.37. The van der Waals surface area contributed by atoms with Crippen molar-refractivity contribution in [2.75, 3.05) is 35.5 Å². The van der Waals surface area contributed by atoms with Crippen molar-refractivity contribution in [1.29, 1.82) is 0 Å². The van der Waals surface area contributed by atoms with Crippen LogP contribution in [-0.4, -0.2) is 51.6 Å². The van der Waals surface area contributed by atoms with Gasteiger partial charge in [-0.1, -0.05) is 94.9 Å². The van der Waals surface area contributed by atoms with E-state index in [0.29, 0.717) is 30.2 Å². The van der Waals surface area contributed by atoms with Crippen LogP contribution in [-0.2, 0) is 26.0 Å². The van der Waals surface area contributed by atoms with E-state index in [1.807, 2.05) is 48.2 Å². The summed E-state index contributed by atoms with van der Waals surface area (Å²) in [7, 11) is -3.96. The standard InChI is InChI=1S/C33H33Cl4N3O5S/c1-22-16-24(40(20-26-21-44-33(2,3)45-26)46(41,42)27-12-8-5-9-13-27)18-25(17-22)43-15-14-39(19-23-10-6-4-7-11-23)30-28(34)31(36)38-32(37)29(30)35/h4-13,16-18,26H,14-15,19-21H2,1-3H3. The number of sulfonamides is 1. The molecule has 8 nitrogen and oxygen atoms in total. The second-order valence-electron chi connectivity index (χ2n) is 11.2. The fraction of sp³-hybridized carbons (Fsp3) is 0.303. The van der Waals surface area contributed by atoms with Gasteiger partial charge in [0, 0.05) is 12.6 Å². The molecule has 46 heavy (non-hydrogen) atoms. The molecule has 1 saturated heterocycles. The van der Waals surface area contributed by atoms with Gasteiger partial charge in [-0.2, -0.15) is 0 Å². The number of hydrogen-bond acceptors (Lipinski definition) is 7. The van der Waals surface area contributed by atoms with Crippen molar-refractivity contribution < 1.29 is 22.6 Å². The third-order valence-electron chi connectivity index (χ3n) is 7.23. The first-order valence-electron chi connectivity index (χ1n) is 14.5. The molecule has 0 N–H and O–H groups in total. The van der Waals surface area contributed by atoms with Crippen LogP contribution >= 0.6 is 46.4 Å². The van der Waals surface area contributed by atoms with Crippen molar-refractivity contribution in [3.05, 3.63) is 110 Å². The smallest absolute Gasteiger partial charge is 0.264 e.